The molecule has 0 bridgehead atoms. The monoisotopic (exact) mass is 330 g/mol. The molecule has 3 rings (SSSR count). The van der Waals surface area contributed by atoms with E-state index in [1.807, 2.05) is 0 Å². The van der Waals surface area contributed by atoms with Crippen molar-refractivity contribution in [1.82, 2.24) is 15.6 Å². The van der Waals surface area contributed by atoms with Crippen LogP contribution in [0.5, 0.6) is 0 Å². The molecule has 0 aromatic carbocycles. The van der Waals surface area contributed by atoms with Crippen LogP contribution in [0.3, 0.4) is 0 Å². The van der Waals surface area contributed by atoms with Crippen LogP contribution in [0, 0.1) is 0 Å². The van der Waals surface area contributed by atoms with E-state index in [0.29, 0.717) is 16.1 Å². The molecule has 1 fully saturated rings. The molecule has 1 atom stereocenters. The lowest BCUT2D eigenvalue weighted by molar-refractivity contribution is 0.0935. The summed E-state index contributed by atoms with van der Waals surface area (Å²) in [5.41, 5.74) is 1.05. The Bertz CT molecular complexity index is 680. The number of carbonyl (C=O) groups is 2. The van der Waals surface area contributed by atoms with Crippen LogP contribution in [0.25, 0.3) is 0 Å². The van der Waals surface area contributed by atoms with Gasteiger partial charge in [-0.3, -0.25) is 14.6 Å². The number of anilines is 1. The third-order valence-electron chi connectivity index (χ3n) is 3.69. The second-order valence-electron chi connectivity index (χ2n) is 5.37. The van der Waals surface area contributed by atoms with E-state index in [-0.39, 0.29) is 17.9 Å². The van der Waals surface area contributed by atoms with Gasteiger partial charge in [0.1, 0.15) is 4.88 Å². The Kier molecular flexibility index (Phi) is 4.99. The van der Waals surface area contributed by atoms with Gasteiger partial charge < -0.3 is 16.0 Å². The van der Waals surface area contributed by atoms with E-state index >= 15 is 0 Å². The van der Waals surface area contributed by atoms with Crippen molar-refractivity contribution in [3.8, 4) is 0 Å². The van der Waals surface area contributed by atoms with Gasteiger partial charge in [0.15, 0.2) is 0 Å². The molecule has 23 heavy (non-hydrogen) atoms. The molecule has 1 aliphatic rings. The highest BCUT2D eigenvalue weighted by Gasteiger charge is 2.20. The number of thiophene rings is 1. The zero-order valence-electron chi connectivity index (χ0n) is 12.5. The number of amides is 2. The Morgan fingerprint density at radius 2 is 2.04 bits per heavy atom. The molecule has 3 heterocycles. The average Bonchev–Trinajstić information content (AvgIpc) is 3.05. The van der Waals surface area contributed by atoms with Gasteiger partial charge >= 0.3 is 0 Å². The van der Waals surface area contributed by atoms with E-state index < -0.39 is 0 Å². The first-order chi connectivity index (χ1) is 11.2. The van der Waals surface area contributed by atoms with E-state index in [2.05, 4.69) is 20.9 Å². The number of nitrogens with zero attached hydrogens (tertiary/aromatic N) is 1. The SMILES string of the molecule is O=C(Nc1ccsc1C(=O)NC1CCCNC1)c1ccncc1. The quantitative estimate of drug-likeness (QED) is 0.799. The van der Waals surface area contributed by atoms with Crippen molar-refractivity contribution >= 4 is 28.8 Å². The fraction of sp³-hybridized carbons (Fsp3) is 0.312. The highest BCUT2D eigenvalue weighted by molar-refractivity contribution is 7.12. The Labute approximate surface area is 138 Å². The molecule has 0 spiro atoms. The molecular weight excluding hydrogens is 312 g/mol. The van der Waals surface area contributed by atoms with Crippen LogP contribution in [0.2, 0.25) is 0 Å². The van der Waals surface area contributed by atoms with Crippen molar-refractivity contribution in [2.45, 2.75) is 18.9 Å². The van der Waals surface area contributed by atoms with Crippen molar-refractivity contribution in [2.24, 2.45) is 0 Å². The Balaban J connectivity index is 1.67. The fourth-order valence-electron chi connectivity index (χ4n) is 2.51. The maximum atomic E-state index is 12.4. The van der Waals surface area contributed by atoms with Gasteiger partial charge in [0.2, 0.25) is 0 Å². The van der Waals surface area contributed by atoms with Gasteiger partial charge in [0, 0.05) is 30.5 Å². The number of carbonyl (C=O) groups excluding carboxylic acids is 2. The van der Waals surface area contributed by atoms with Crippen molar-refractivity contribution in [2.75, 3.05) is 18.4 Å². The topological polar surface area (TPSA) is 83.1 Å². The van der Waals surface area contributed by atoms with Crippen LogP contribution in [0.1, 0.15) is 32.9 Å². The van der Waals surface area contributed by atoms with Crippen molar-refractivity contribution < 1.29 is 9.59 Å². The lowest BCUT2D eigenvalue weighted by atomic mass is 10.1. The number of pyridine rings is 1. The molecule has 1 unspecified atom stereocenters. The summed E-state index contributed by atoms with van der Waals surface area (Å²) in [6, 6.07) is 5.16. The molecule has 0 aliphatic carbocycles. The van der Waals surface area contributed by atoms with Gasteiger partial charge in [-0.05, 0) is 43.0 Å². The number of aromatic nitrogens is 1. The van der Waals surface area contributed by atoms with E-state index in [0.717, 1.165) is 25.9 Å². The highest BCUT2D eigenvalue weighted by atomic mass is 32.1. The molecule has 1 saturated heterocycles. The molecule has 120 valence electrons. The maximum absolute atomic E-state index is 12.4. The van der Waals surface area contributed by atoms with E-state index in [9.17, 15) is 9.59 Å². The van der Waals surface area contributed by atoms with E-state index in [1.165, 1.54) is 11.3 Å². The van der Waals surface area contributed by atoms with Crippen molar-refractivity contribution in [3.05, 3.63) is 46.4 Å². The van der Waals surface area contributed by atoms with Gasteiger partial charge in [-0.1, -0.05) is 0 Å². The summed E-state index contributed by atoms with van der Waals surface area (Å²) in [5.74, 6) is -0.391. The Morgan fingerprint density at radius 1 is 1.22 bits per heavy atom. The summed E-state index contributed by atoms with van der Waals surface area (Å²) in [4.78, 5) is 29.0. The first-order valence-electron chi connectivity index (χ1n) is 7.54. The Hall–Kier alpha value is -2.25. The molecule has 0 saturated carbocycles. The van der Waals surface area contributed by atoms with Gasteiger partial charge in [0.25, 0.3) is 11.8 Å². The predicted molar refractivity (Wildman–Crippen MR) is 89.9 cm³/mol. The summed E-state index contributed by atoms with van der Waals surface area (Å²) in [6.07, 6.45) is 5.16. The Morgan fingerprint density at radius 3 is 2.78 bits per heavy atom. The zero-order chi connectivity index (χ0) is 16.1. The standard InChI is InChI=1S/C16H18N4O2S/c21-15(11-3-7-17-8-4-11)20-13-5-9-23-14(13)16(22)19-12-2-1-6-18-10-12/h3-5,7-9,12,18H,1-2,6,10H2,(H,19,22)(H,20,21). The number of nitrogens with one attached hydrogen (secondary N) is 3. The molecule has 1 aliphatic heterocycles. The predicted octanol–water partition coefficient (Wildman–Crippen LogP) is 1.88. The average molecular weight is 330 g/mol. The molecule has 6 nitrogen and oxygen atoms in total. The first kappa shape index (κ1) is 15.6. The minimum atomic E-state index is -0.251. The molecule has 2 aromatic rings. The lowest BCUT2D eigenvalue weighted by Crippen LogP contribution is -2.45. The summed E-state index contributed by atoms with van der Waals surface area (Å²) in [5, 5.41) is 10.9. The zero-order valence-corrected chi connectivity index (χ0v) is 13.4. The maximum Gasteiger partial charge on any atom is 0.263 e. The van der Waals surface area contributed by atoms with Crippen LogP contribution in [-0.4, -0.2) is 35.9 Å². The smallest absolute Gasteiger partial charge is 0.263 e. The second-order valence-corrected chi connectivity index (χ2v) is 6.29. The van der Waals surface area contributed by atoms with Crippen molar-refractivity contribution in [3.63, 3.8) is 0 Å². The van der Waals surface area contributed by atoms with Gasteiger partial charge in [-0.2, -0.15) is 0 Å². The normalized spacial score (nSPS) is 17.5. The van der Waals surface area contributed by atoms with E-state index in [1.54, 1.807) is 36.0 Å². The molecule has 3 N–H and O–H groups in total. The van der Waals surface area contributed by atoms with Gasteiger partial charge in [-0.15, -0.1) is 11.3 Å². The number of rotatable bonds is 4. The van der Waals surface area contributed by atoms with Gasteiger partial charge in [0.05, 0.1) is 5.69 Å². The van der Waals surface area contributed by atoms with Crippen molar-refractivity contribution in [1.29, 1.82) is 0 Å². The summed E-state index contributed by atoms with van der Waals surface area (Å²) < 4.78 is 0. The van der Waals surface area contributed by atoms with Gasteiger partial charge in [-0.25, -0.2) is 0 Å². The third-order valence-corrected chi connectivity index (χ3v) is 4.61. The first-order valence-corrected chi connectivity index (χ1v) is 8.42. The van der Waals surface area contributed by atoms with Crippen LogP contribution in [0.15, 0.2) is 36.0 Å². The summed E-state index contributed by atoms with van der Waals surface area (Å²) in [7, 11) is 0. The minimum absolute atomic E-state index is 0.140. The molecule has 2 aromatic heterocycles. The number of hydrogen-bond donors (Lipinski definition) is 3. The van der Waals surface area contributed by atoms with Crippen LogP contribution >= 0.6 is 11.3 Å². The molecule has 0 radical (unpaired) electrons. The molecule has 7 heteroatoms. The molecular formula is C16H18N4O2S. The second kappa shape index (κ2) is 7.34. The lowest BCUT2D eigenvalue weighted by Gasteiger charge is -2.23. The largest absolute Gasteiger partial charge is 0.347 e. The summed E-state index contributed by atoms with van der Waals surface area (Å²) >= 11 is 1.32. The number of hydrogen-bond acceptors (Lipinski definition) is 5. The van der Waals surface area contributed by atoms with Crippen LogP contribution < -0.4 is 16.0 Å². The highest BCUT2D eigenvalue weighted by Crippen LogP contribution is 2.23. The molecule has 2 amide bonds. The fourth-order valence-corrected chi connectivity index (χ4v) is 3.26. The van der Waals surface area contributed by atoms with Crippen LogP contribution in [-0.2, 0) is 0 Å². The third kappa shape index (κ3) is 3.94. The van der Waals surface area contributed by atoms with E-state index in [4.69, 9.17) is 0 Å². The summed E-state index contributed by atoms with van der Waals surface area (Å²) in [6.45, 7) is 1.79. The van der Waals surface area contributed by atoms with Crippen LogP contribution in [0.4, 0.5) is 5.69 Å². The minimum Gasteiger partial charge on any atom is -0.347 e. The number of piperidine rings is 1.